The molecule has 0 bridgehead atoms. The van der Waals surface area contributed by atoms with Crippen molar-refractivity contribution in [2.24, 2.45) is 5.92 Å². The zero-order valence-corrected chi connectivity index (χ0v) is 38.0. The van der Waals surface area contributed by atoms with Crippen LogP contribution in [0.5, 0.6) is 0 Å². The van der Waals surface area contributed by atoms with Crippen molar-refractivity contribution in [3.63, 3.8) is 0 Å². The van der Waals surface area contributed by atoms with Gasteiger partial charge >= 0.3 is 0 Å². The summed E-state index contributed by atoms with van der Waals surface area (Å²) >= 11 is 0. The van der Waals surface area contributed by atoms with Gasteiger partial charge in [-0.15, -0.1) is 53.6 Å². The maximum absolute atomic E-state index is 6.32. The maximum Gasteiger partial charge on any atom is 0.120 e. The standard InChI is InChI=1S/C28H21N2O.C23H32NSi.Ir/c1-17-15-18(2)26(19(3)16-17)30-24-13-6-5-12-23(24)29-28(30)22-11-8-10-21-20-9-4-7-14-25(20)31-27(21)22;1-17(2)19-10-12-20(13-11-19)22-15-21(14-18-8-6-7-9-18)23(16-24-22)25(3,4)5;/h4-10,12-16H,1-3H3;10-12,15-18H,6-9,14H2,1-5H3;/q2*-1;. The van der Waals surface area contributed by atoms with Gasteiger partial charge in [-0.25, -0.2) is 0 Å². The summed E-state index contributed by atoms with van der Waals surface area (Å²) in [4.78, 5) is 9.88. The Balaban J connectivity index is 0.000000175. The Morgan fingerprint density at radius 2 is 1.56 bits per heavy atom. The fraction of sp³-hybridized carbons (Fsp3) is 0.294. The van der Waals surface area contributed by atoms with Crippen LogP contribution in [-0.2, 0) is 26.5 Å². The zero-order chi connectivity index (χ0) is 39.1. The second kappa shape index (κ2) is 16.7. The summed E-state index contributed by atoms with van der Waals surface area (Å²) in [5, 5.41) is 3.74. The monoisotopic (exact) mass is 944 g/mol. The van der Waals surface area contributed by atoms with E-state index >= 15 is 0 Å². The number of para-hydroxylation sites is 3. The van der Waals surface area contributed by atoms with Gasteiger partial charge in [-0.3, -0.25) is 4.98 Å². The molecular formula is C51H53IrN3OSi-2. The van der Waals surface area contributed by atoms with Crippen molar-refractivity contribution in [2.45, 2.75) is 92.3 Å². The summed E-state index contributed by atoms with van der Waals surface area (Å²) in [5.74, 6) is 2.27. The molecule has 0 spiro atoms. The molecule has 9 rings (SSSR count). The molecule has 0 amide bonds. The molecule has 0 atom stereocenters. The van der Waals surface area contributed by atoms with Gasteiger partial charge in [0.1, 0.15) is 5.58 Å². The van der Waals surface area contributed by atoms with Crippen molar-refractivity contribution in [1.82, 2.24) is 14.5 Å². The van der Waals surface area contributed by atoms with Crippen LogP contribution < -0.4 is 5.19 Å². The first kappa shape index (κ1) is 40.6. The minimum Gasteiger partial charge on any atom is -0.501 e. The molecule has 1 radical (unpaired) electrons. The number of aryl methyl sites for hydroxylation is 3. The molecule has 0 unspecified atom stereocenters. The maximum atomic E-state index is 6.32. The normalized spacial score (nSPS) is 13.4. The number of pyridine rings is 1. The number of fused-ring (bicyclic) bond motifs is 4. The van der Waals surface area contributed by atoms with E-state index in [1.54, 1.807) is 10.8 Å². The number of aromatic nitrogens is 3. The summed E-state index contributed by atoms with van der Waals surface area (Å²) < 4.78 is 8.58. The molecule has 0 saturated heterocycles. The average Bonchev–Trinajstić information content (AvgIpc) is 3.92. The largest absolute Gasteiger partial charge is 0.501 e. The molecule has 6 heteroatoms. The van der Waals surface area contributed by atoms with Crippen LogP contribution in [0.15, 0.2) is 108 Å². The molecule has 293 valence electrons. The van der Waals surface area contributed by atoms with E-state index in [2.05, 4.69) is 144 Å². The van der Waals surface area contributed by atoms with Crippen molar-refractivity contribution >= 4 is 46.2 Å². The Hall–Kier alpha value is -4.61. The van der Waals surface area contributed by atoms with Crippen LogP contribution in [-0.4, -0.2) is 22.6 Å². The van der Waals surface area contributed by atoms with E-state index in [4.69, 9.17) is 14.4 Å². The third-order valence-corrected chi connectivity index (χ3v) is 13.6. The van der Waals surface area contributed by atoms with Gasteiger partial charge in [0.25, 0.3) is 0 Å². The summed E-state index contributed by atoms with van der Waals surface area (Å²) in [6, 6.07) is 40.7. The average molecular weight is 944 g/mol. The zero-order valence-electron chi connectivity index (χ0n) is 34.6. The first-order valence-corrected chi connectivity index (χ1v) is 23.9. The second-order valence-corrected chi connectivity index (χ2v) is 22.3. The molecule has 1 aliphatic carbocycles. The summed E-state index contributed by atoms with van der Waals surface area (Å²) in [6.45, 7) is 18.2. The molecular weight excluding hydrogens is 891 g/mol. The predicted octanol–water partition coefficient (Wildman–Crippen LogP) is 13.3. The van der Waals surface area contributed by atoms with Gasteiger partial charge in [-0.2, -0.15) is 0 Å². The van der Waals surface area contributed by atoms with Crippen molar-refractivity contribution in [1.29, 1.82) is 0 Å². The number of furan rings is 1. The van der Waals surface area contributed by atoms with Crippen molar-refractivity contribution in [3.05, 3.63) is 143 Å². The molecule has 57 heavy (non-hydrogen) atoms. The molecule has 0 aliphatic heterocycles. The third kappa shape index (κ3) is 8.23. The number of nitrogens with zero attached hydrogens (tertiary/aromatic N) is 3. The van der Waals surface area contributed by atoms with Gasteiger partial charge in [-0.1, -0.05) is 136 Å². The van der Waals surface area contributed by atoms with Crippen LogP contribution in [0.2, 0.25) is 19.6 Å². The van der Waals surface area contributed by atoms with E-state index in [1.165, 1.54) is 54.4 Å². The molecule has 4 nitrogen and oxygen atoms in total. The molecule has 1 fully saturated rings. The van der Waals surface area contributed by atoms with Gasteiger partial charge in [0.15, 0.2) is 0 Å². The van der Waals surface area contributed by atoms with Gasteiger partial charge in [-0.05, 0) is 73.3 Å². The Morgan fingerprint density at radius 3 is 2.26 bits per heavy atom. The van der Waals surface area contributed by atoms with E-state index in [-0.39, 0.29) is 20.1 Å². The number of rotatable bonds is 7. The number of hydrogen-bond acceptors (Lipinski definition) is 3. The van der Waals surface area contributed by atoms with Crippen molar-refractivity contribution in [3.8, 4) is 28.3 Å². The number of hydrogen-bond donors (Lipinski definition) is 0. The number of imidazole rings is 1. The van der Waals surface area contributed by atoms with Crippen LogP contribution in [0, 0.1) is 38.8 Å². The van der Waals surface area contributed by atoms with Gasteiger partial charge in [0, 0.05) is 37.4 Å². The van der Waals surface area contributed by atoms with Crippen LogP contribution in [0.4, 0.5) is 0 Å². The molecule has 3 aromatic heterocycles. The van der Waals surface area contributed by atoms with E-state index < -0.39 is 8.07 Å². The van der Waals surface area contributed by atoms with E-state index in [1.807, 2.05) is 30.3 Å². The van der Waals surface area contributed by atoms with Crippen LogP contribution in [0.25, 0.3) is 61.3 Å². The van der Waals surface area contributed by atoms with Gasteiger partial charge < -0.3 is 14.0 Å². The fourth-order valence-corrected chi connectivity index (χ4v) is 10.4. The molecule has 1 saturated carbocycles. The summed E-state index contributed by atoms with van der Waals surface area (Å²) in [7, 11) is -1.37. The van der Waals surface area contributed by atoms with Crippen LogP contribution >= 0.6 is 0 Å². The molecule has 3 heterocycles. The van der Waals surface area contributed by atoms with Crippen LogP contribution in [0.3, 0.4) is 0 Å². The summed E-state index contributed by atoms with van der Waals surface area (Å²) in [5.41, 5.74) is 14.6. The minimum absolute atomic E-state index is 0. The van der Waals surface area contributed by atoms with Crippen LogP contribution in [0.1, 0.15) is 73.3 Å². The fourth-order valence-electron chi connectivity index (χ4n) is 8.77. The smallest absolute Gasteiger partial charge is 0.120 e. The van der Waals surface area contributed by atoms with E-state index in [0.717, 1.165) is 67.2 Å². The van der Waals surface area contributed by atoms with Crippen molar-refractivity contribution < 1.29 is 24.5 Å². The van der Waals surface area contributed by atoms with E-state index in [0.29, 0.717) is 5.92 Å². The molecule has 1 aliphatic rings. The molecule has 0 N–H and O–H groups in total. The quantitative estimate of drug-likeness (QED) is 0.118. The second-order valence-electron chi connectivity index (χ2n) is 17.2. The first-order chi connectivity index (χ1) is 27.0. The Bertz CT molecular complexity index is 2650. The Labute approximate surface area is 353 Å². The van der Waals surface area contributed by atoms with Gasteiger partial charge in [0.05, 0.1) is 30.5 Å². The molecule has 8 aromatic rings. The Morgan fingerprint density at radius 1 is 0.842 bits per heavy atom. The molecule has 5 aromatic carbocycles. The Kier molecular flexibility index (Phi) is 11.9. The third-order valence-electron chi connectivity index (χ3n) is 11.5. The van der Waals surface area contributed by atoms with Gasteiger partial charge in [0.2, 0.25) is 0 Å². The van der Waals surface area contributed by atoms with Crippen molar-refractivity contribution in [2.75, 3.05) is 0 Å². The van der Waals surface area contributed by atoms with E-state index in [9.17, 15) is 0 Å². The first-order valence-electron chi connectivity index (χ1n) is 20.4. The number of benzene rings is 5. The predicted molar refractivity (Wildman–Crippen MR) is 238 cm³/mol. The summed E-state index contributed by atoms with van der Waals surface area (Å²) in [6.07, 6.45) is 9.04. The minimum atomic E-state index is -1.37. The SMILES string of the molecule is CC(C)c1c[c-]c(-c2cc(CC3CCCC3)c([Si](C)(C)C)cn2)cc1.Cc1cc(C)c(-n2c(-c3[c-]ccc4c3oc3ccccc34)nc3ccccc32)c(C)c1.[Ir]. The topological polar surface area (TPSA) is 43.9 Å².